The molecule has 0 heterocycles. The number of hydrogen-bond acceptors (Lipinski definition) is 5. The van der Waals surface area contributed by atoms with Crippen LogP contribution in [0.5, 0.6) is 0 Å². The topological polar surface area (TPSA) is 69.7 Å². The van der Waals surface area contributed by atoms with E-state index in [1.165, 1.54) is 6.92 Å². The summed E-state index contributed by atoms with van der Waals surface area (Å²) >= 11 is 0. The molecule has 0 radical (unpaired) electrons. The fourth-order valence-corrected chi connectivity index (χ4v) is 1.28. The Balaban J connectivity index is 3.55. The fraction of sp³-hybridized carbons (Fsp3) is 0.786. The number of hydrogen-bond donors (Lipinski definition) is 0. The number of carbonyl (C=O) groups excluding carboxylic acids is 3. The van der Waals surface area contributed by atoms with Gasteiger partial charge in [0.1, 0.15) is 0 Å². The Morgan fingerprint density at radius 3 is 2.11 bits per heavy atom. The van der Waals surface area contributed by atoms with E-state index in [1.807, 2.05) is 6.92 Å². The summed E-state index contributed by atoms with van der Waals surface area (Å²) in [7, 11) is 0. The zero-order valence-electron chi connectivity index (χ0n) is 12.1. The quantitative estimate of drug-likeness (QED) is 0.451. The van der Waals surface area contributed by atoms with Gasteiger partial charge in [0, 0.05) is 12.8 Å². The third-order valence-electron chi connectivity index (χ3n) is 2.65. The Bertz CT molecular complexity index is 298. The Hall–Kier alpha value is -1.39. The van der Waals surface area contributed by atoms with E-state index in [1.54, 1.807) is 6.92 Å². The molecular formula is C14H24O5. The van der Waals surface area contributed by atoms with Crippen molar-refractivity contribution in [3.05, 3.63) is 0 Å². The molecule has 0 aliphatic carbocycles. The minimum atomic E-state index is -0.688. The van der Waals surface area contributed by atoms with Gasteiger partial charge in [0.05, 0.1) is 6.61 Å². The molecule has 0 saturated carbocycles. The lowest BCUT2D eigenvalue weighted by atomic mass is 10.2. The van der Waals surface area contributed by atoms with Crippen molar-refractivity contribution in [3.63, 3.8) is 0 Å². The maximum Gasteiger partial charge on any atom is 0.306 e. The molecule has 1 atom stereocenters. The Kier molecular flexibility index (Phi) is 9.75. The van der Waals surface area contributed by atoms with Crippen LogP contribution in [0.1, 0.15) is 59.3 Å². The molecule has 0 aliphatic heterocycles. The van der Waals surface area contributed by atoms with Crippen molar-refractivity contribution in [1.82, 2.24) is 0 Å². The zero-order valence-corrected chi connectivity index (χ0v) is 12.1. The molecule has 0 saturated heterocycles. The average Bonchev–Trinajstić information content (AvgIpc) is 2.34. The minimum absolute atomic E-state index is 0.173. The first kappa shape index (κ1) is 17.6. The molecule has 0 fully saturated rings. The van der Waals surface area contributed by atoms with Crippen molar-refractivity contribution < 1.29 is 23.9 Å². The van der Waals surface area contributed by atoms with Gasteiger partial charge in [0.2, 0.25) is 0 Å². The van der Waals surface area contributed by atoms with Gasteiger partial charge in [0.25, 0.3) is 0 Å². The van der Waals surface area contributed by atoms with E-state index >= 15 is 0 Å². The van der Waals surface area contributed by atoms with Gasteiger partial charge < -0.3 is 9.47 Å². The third kappa shape index (κ3) is 10.2. The van der Waals surface area contributed by atoms with E-state index in [-0.39, 0.29) is 18.2 Å². The highest BCUT2D eigenvalue weighted by atomic mass is 16.5. The average molecular weight is 272 g/mol. The van der Waals surface area contributed by atoms with Crippen molar-refractivity contribution in [2.45, 2.75) is 65.4 Å². The van der Waals surface area contributed by atoms with Gasteiger partial charge in [-0.1, -0.05) is 13.3 Å². The van der Waals surface area contributed by atoms with Crippen molar-refractivity contribution >= 4 is 17.7 Å². The van der Waals surface area contributed by atoms with Crippen LogP contribution in [0, 0.1) is 0 Å². The molecule has 5 nitrogen and oxygen atoms in total. The van der Waals surface area contributed by atoms with E-state index < -0.39 is 12.1 Å². The van der Waals surface area contributed by atoms with E-state index in [4.69, 9.17) is 9.47 Å². The summed E-state index contributed by atoms with van der Waals surface area (Å²) in [4.78, 5) is 33.5. The SMILES string of the molecule is CCCCOC(=O)CCCCC(=O)OC(C)C(C)=O. The van der Waals surface area contributed by atoms with Gasteiger partial charge in [-0.25, -0.2) is 0 Å². The van der Waals surface area contributed by atoms with Gasteiger partial charge in [0.15, 0.2) is 11.9 Å². The summed E-state index contributed by atoms with van der Waals surface area (Å²) < 4.78 is 9.88. The largest absolute Gasteiger partial charge is 0.466 e. The number of rotatable bonds is 10. The van der Waals surface area contributed by atoms with Gasteiger partial charge in [-0.05, 0) is 33.1 Å². The predicted octanol–water partition coefficient (Wildman–Crippen LogP) is 2.41. The van der Waals surface area contributed by atoms with Crippen LogP contribution in [0.25, 0.3) is 0 Å². The minimum Gasteiger partial charge on any atom is -0.466 e. The van der Waals surface area contributed by atoms with Crippen LogP contribution in [0.4, 0.5) is 0 Å². The number of ether oxygens (including phenoxy) is 2. The molecule has 0 amide bonds. The van der Waals surface area contributed by atoms with Crippen molar-refractivity contribution in [2.75, 3.05) is 6.61 Å². The molecule has 0 aromatic heterocycles. The molecule has 0 bridgehead atoms. The molecule has 0 aromatic carbocycles. The predicted molar refractivity (Wildman–Crippen MR) is 70.6 cm³/mol. The summed E-state index contributed by atoms with van der Waals surface area (Å²) in [5.41, 5.74) is 0. The Morgan fingerprint density at radius 1 is 1.00 bits per heavy atom. The van der Waals surface area contributed by atoms with E-state index in [0.717, 1.165) is 12.8 Å². The van der Waals surface area contributed by atoms with Gasteiger partial charge in [-0.15, -0.1) is 0 Å². The first-order valence-electron chi connectivity index (χ1n) is 6.83. The van der Waals surface area contributed by atoms with Crippen LogP contribution in [-0.2, 0) is 23.9 Å². The summed E-state index contributed by atoms with van der Waals surface area (Å²) in [6, 6.07) is 0. The van der Waals surface area contributed by atoms with Crippen LogP contribution in [0.2, 0.25) is 0 Å². The highest BCUT2D eigenvalue weighted by Gasteiger charge is 2.13. The smallest absolute Gasteiger partial charge is 0.306 e. The molecule has 19 heavy (non-hydrogen) atoms. The molecule has 110 valence electrons. The van der Waals surface area contributed by atoms with E-state index in [0.29, 0.717) is 25.9 Å². The highest BCUT2D eigenvalue weighted by molar-refractivity contribution is 5.83. The summed E-state index contributed by atoms with van der Waals surface area (Å²) in [6.45, 7) is 5.42. The van der Waals surface area contributed by atoms with Crippen molar-refractivity contribution in [1.29, 1.82) is 0 Å². The number of carbonyl (C=O) groups is 3. The summed E-state index contributed by atoms with van der Waals surface area (Å²) in [6.07, 6.45) is 2.88. The van der Waals surface area contributed by atoms with Crippen LogP contribution in [-0.4, -0.2) is 30.4 Å². The number of Topliss-reactive ketones (excluding diaryl/α,β-unsaturated/α-hetero) is 1. The van der Waals surface area contributed by atoms with Crippen LogP contribution in [0.3, 0.4) is 0 Å². The lowest BCUT2D eigenvalue weighted by Gasteiger charge is -2.09. The Labute approximate surface area is 114 Å². The lowest BCUT2D eigenvalue weighted by molar-refractivity contribution is -0.153. The normalized spacial score (nSPS) is 11.7. The molecule has 0 rings (SSSR count). The van der Waals surface area contributed by atoms with Crippen LogP contribution in [0.15, 0.2) is 0 Å². The number of esters is 2. The molecule has 0 aromatic rings. The van der Waals surface area contributed by atoms with Gasteiger partial charge in [-0.3, -0.25) is 14.4 Å². The molecule has 0 aliphatic rings. The molecule has 5 heteroatoms. The number of unbranched alkanes of at least 4 members (excludes halogenated alkanes) is 2. The lowest BCUT2D eigenvalue weighted by Crippen LogP contribution is -2.21. The highest BCUT2D eigenvalue weighted by Crippen LogP contribution is 2.05. The van der Waals surface area contributed by atoms with Gasteiger partial charge in [-0.2, -0.15) is 0 Å². The van der Waals surface area contributed by atoms with Crippen molar-refractivity contribution in [3.8, 4) is 0 Å². The fourth-order valence-electron chi connectivity index (χ4n) is 1.28. The monoisotopic (exact) mass is 272 g/mol. The summed E-state index contributed by atoms with van der Waals surface area (Å²) in [5, 5.41) is 0. The molecular weight excluding hydrogens is 248 g/mol. The Morgan fingerprint density at radius 2 is 1.58 bits per heavy atom. The second-order valence-corrected chi connectivity index (χ2v) is 4.52. The summed E-state index contributed by atoms with van der Waals surface area (Å²) in [5.74, 6) is -0.797. The maximum absolute atomic E-state index is 11.3. The van der Waals surface area contributed by atoms with Crippen molar-refractivity contribution in [2.24, 2.45) is 0 Å². The molecule has 1 unspecified atom stereocenters. The first-order valence-corrected chi connectivity index (χ1v) is 6.83. The van der Waals surface area contributed by atoms with Gasteiger partial charge >= 0.3 is 11.9 Å². The van der Waals surface area contributed by atoms with E-state index in [9.17, 15) is 14.4 Å². The maximum atomic E-state index is 11.3. The first-order chi connectivity index (χ1) is 8.97. The molecule has 0 spiro atoms. The second-order valence-electron chi connectivity index (χ2n) is 4.52. The zero-order chi connectivity index (χ0) is 14.7. The van der Waals surface area contributed by atoms with Crippen LogP contribution < -0.4 is 0 Å². The molecule has 0 N–H and O–H groups in total. The van der Waals surface area contributed by atoms with E-state index in [2.05, 4.69) is 0 Å². The number of ketones is 1. The second kappa shape index (κ2) is 10.5. The third-order valence-corrected chi connectivity index (χ3v) is 2.65. The standard InChI is InChI=1S/C14H24O5/c1-4-5-10-18-13(16)8-6-7-9-14(17)19-12(3)11(2)15/h12H,4-10H2,1-3H3. The van der Waals surface area contributed by atoms with Crippen LogP contribution >= 0.6 is 0 Å².